The van der Waals surface area contributed by atoms with Crippen LogP contribution in [0.3, 0.4) is 0 Å². The van der Waals surface area contributed by atoms with Gasteiger partial charge in [-0.2, -0.15) is 0 Å². The molecule has 5 heteroatoms. The van der Waals surface area contributed by atoms with Gasteiger partial charge in [-0.15, -0.1) is 0 Å². The molecule has 3 heterocycles. The highest BCUT2D eigenvalue weighted by Gasteiger charge is 2.42. The van der Waals surface area contributed by atoms with Crippen LogP contribution in [-0.4, -0.2) is 60.1 Å². The second-order valence-electron chi connectivity index (χ2n) is 7.03. The van der Waals surface area contributed by atoms with Crippen LogP contribution in [0.1, 0.15) is 28.8 Å². The predicted octanol–water partition coefficient (Wildman–Crippen LogP) is 2.55. The fourth-order valence-electron chi connectivity index (χ4n) is 4.28. The highest BCUT2D eigenvalue weighted by molar-refractivity contribution is 5.94. The summed E-state index contributed by atoms with van der Waals surface area (Å²) < 4.78 is 5.58. The van der Waals surface area contributed by atoms with Crippen LogP contribution in [0.5, 0.6) is 0 Å². The first-order valence-electron chi connectivity index (χ1n) is 9.37. The molecule has 5 nitrogen and oxygen atoms in total. The SMILES string of the molecule is O=C(c1ccncc1)N1CCC(c2ccccc2)(N2CCOCC2)CC1. The third-order valence-corrected chi connectivity index (χ3v) is 5.73. The number of hydrogen-bond acceptors (Lipinski definition) is 4. The van der Waals surface area contributed by atoms with Crippen LogP contribution in [0.15, 0.2) is 54.9 Å². The second kappa shape index (κ2) is 7.56. The van der Waals surface area contributed by atoms with Crippen molar-refractivity contribution in [3.8, 4) is 0 Å². The van der Waals surface area contributed by atoms with Crippen molar-refractivity contribution in [1.29, 1.82) is 0 Å². The van der Waals surface area contributed by atoms with Crippen molar-refractivity contribution in [1.82, 2.24) is 14.8 Å². The Morgan fingerprint density at radius 2 is 1.58 bits per heavy atom. The lowest BCUT2D eigenvalue weighted by Gasteiger charge is -2.50. The second-order valence-corrected chi connectivity index (χ2v) is 7.03. The molecule has 0 saturated carbocycles. The van der Waals surface area contributed by atoms with Gasteiger partial charge in [-0.05, 0) is 30.5 Å². The Balaban J connectivity index is 1.55. The van der Waals surface area contributed by atoms with Gasteiger partial charge >= 0.3 is 0 Å². The minimum atomic E-state index is 0.0000629. The van der Waals surface area contributed by atoms with Crippen molar-refractivity contribution in [2.75, 3.05) is 39.4 Å². The van der Waals surface area contributed by atoms with E-state index in [-0.39, 0.29) is 11.4 Å². The Bertz CT molecular complexity index is 721. The van der Waals surface area contributed by atoms with Crippen molar-refractivity contribution in [3.05, 3.63) is 66.0 Å². The summed E-state index contributed by atoms with van der Waals surface area (Å²) in [6, 6.07) is 14.4. The van der Waals surface area contributed by atoms with Gasteiger partial charge in [0, 0.05) is 49.7 Å². The third-order valence-electron chi connectivity index (χ3n) is 5.73. The first-order valence-corrected chi connectivity index (χ1v) is 9.37. The lowest BCUT2D eigenvalue weighted by molar-refractivity contribution is -0.0482. The molecule has 2 aromatic rings. The number of piperidine rings is 1. The van der Waals surface area contributed by atoms with E-state index in [1.165, 1.54) is 5.56 Å². The van der Waals surface area contributed by atoms with E-state index in [1.54, 1.807) is 24.5 Å². The molecule has 0 unspecified atom stereocenters. The van der Waals surface area contributed by atoms with Crippen LogP contribution in [0, 0.1) is 0 Å². The average Bonchev–Trinajstić information content (AvgIpc) is 2.75. The van der Waals surface area contributed by atoms with Crippen molar-refractivity contribution < 1.29 is 9.53 Å². The van der Waals surface area contributed by atoms with Crippen LogP contribution in [-0.2, 0) is 10.3 Å². The van der Waals surface area contributed by atoms with Crippen LogP contribution < -0.4 is 0 Å². The van der Waals surface area contributed by atoms with E-state index < -0.39 is 0 Å². The fraction of sp³-hybridized carbons (Fsp3) is 0.429. The minimum Gasteiger partial charge on any atom is -0.379 e. The number of hydrogen-bond donors (Lipinski definition) is 0. The zero-order valence-electron chi connectivity index (χ0n) is 15.0. The Kier molecular flexibility index (Phi) is 5.00. The monoisotopic (exact) mass is 351 g/mol. The number of amides is 1. The van der Waals surface area contributed by atoms with Gasteiger partial charge in [-0.3, -0.25) is 14.7 Å². The van der Waals surface area contributed by atoms with E-state index in [0.29, 0.717) is 0 Å². The van der Waals surface area contributed by atoms with Gasteiger partial charge in [0.1, 0.15) is 0 Å². The van der Waals surface area contributed by atoms with E-state index in [1.807, 2.05) is 4.90 Å². The van der Waals surface area contributed by atoms with Crippen molar-refractivity contribution in [2.24, 2.45) is 0 Å². The number of nitrogens with zero attached hydrogens (tertiary/aromatic N) is 3. The topological polar surface area (TPSA) is 45.7 Å². The molecule has 0 atom stereocenters. The number of likely N-dealkylation sites (tertiary alicyclic amines) is 1. The summed E-state index contributed by atoms with van der Waals surface area (Å²) in [7, 11) is 0. The maximum atomic E-state index is 12.8. The number of benzene rings is 1. The lowest BCUT2D eigenvalue weighted by atomic mass is 9.79. The first kappa shape index (κ1) is 17.2. The summed E-state index contributed by atoms with van der Waals surface area (Å²) >= 11 is 0. The van der Waals surface area contributed by atoms with Crippen LogP contribution in [0.4, 0.5) is 0 Å². The quantitative estimate of drug-likeness (QED) is 0.853. The summed E-state index contributed by atoms with van der Waals surface area (Å²) in [4.78, 5) is 21.3. The highest BCUT2D eigenvalue weighted by atomic mass is 16.5. The molecule has 2 fully saturated rings. The van der Waals surface area contributed by atoms with Crippen molar-refractivity contribution >= 4 is 5.91 Å². The molecule has 2 saturated heterocycles. The van der Waals surface area contributed by atoms with Crippen LogP contribution >= 0.6 is 0 Å². The minimum absolute atomic E-state index is 0.0000629. The summed E-state index contributed by atoms with van der Waals surface area (Å²) in [6.45, 7) is 5.02. The van der Waals surface area contributed by atoms with Crippen molar-refractivity contribution in [2.45, 2.75) is 18.4 Å². The zero-order valence-corrected chi connectivity index (χ0v) is 15.0. The summed E-state index contributed by atoms with van der Waals surface area (Å²) in [6.07, 6.45) is 5.26. The van der Waals surface area contributed by atoms with Gasteiger partial charge in [-0.1, -0.05) is 30.3 Å². The number of morpholine rings is 1. The van der Waals surface area contributed by atoms with Gasteiger partial charge in [-0.25, -0.2) is 0 Å². The molecule has 1 aromatic carbocycles. The zero-order chi connectivity index (χ0) is 17.8. The van der Waals surface area contributed by atoms with Gasteiger partial charge in [0.2, 0.25) is 0 Å². The molecule has 136 valence electrons. The third kappa shape index (κ3) is 3.24. The van der Waals surface area contributed by atoms with Crippen LogP contribution in [0.25, 0.3) is 0 Å². The molecular formula is C21H25N3O2. The number of carbonyl (C=O) groups excluding carboxylic acids is 1. The first-order chi connectivity index (χ1) is 12.8. The highest BCUT2D eigenvalue weighted by Crippen LogP contribution is 2.39. The molecule has 0 radical (unpaired) electrons. The number of carbonyl (C=O) groups is 1. The van der Waals surface area contributed by atoms with Gasteiger partial charge < -0.3 is 9.64 Å². The maximum Gasteiger partial charge on any atom is 0.253 e. The lowest BCUT2D eigenvalue weighted by Crippen LogP contribution is -2.57. The fourth-order valence-corrected chi connectivity index (χ4v) is 4.28. The molecule has 0 N–H and O–H groups in total. The Labute approximate surface area is 154 Å². The van der Waals surface area contributed by atoms with Gasteiger partial charge in [0.25, 0.3) is 5.91 Å². The van der Waals surface area contributed by atoms with Crippen molar-refractivity contribution in [3.63, 3.8) is 0 Å². The maximum absolute atomic E-state index is 12.8. The molecular weight excluding hydrogens is 326 g/mol. The van der Waals surface area contributed by atoms with Gasteiger partial charge in [0.05, 0.1) is 13.2 Å². The van der Waals surface area contributed by atoms with Crippen LogP contribution in [0.2, 0.25) is 0 Å². The van der Waals surface area contributed by atoms with E-state index in [9.17, 15) is 4.79 Å². The van der Waals surface area contributed by atoms with E-state index >= 15 is 0 Å². The molecule has 0 spiro atoms. The molecule has 4 rings (SSSR count). The smallest absolute Gasteiger partial charge is 0.253 e. The molecule has 1 amide bonds. The standard InChI is InChI=1S/C21H25N3O2/c25-20(18-6-10-22-11-7-18)23-12-8-21(9-13-23,19-4-2-1-3-5-19)24-14-16-26-17-15-24/h1-7,10-11H,8-9,12-17H2. The molecule has 1 aromatic heterocycles. The van der Waals surface area contributed by atoms with E-state index in [4.69, 9.17) is 4.74 Å². The summed E-state index contributed by atoms with van der Waals surface area (Å²) in [5, 5.41) is 0. The average molecular weight is 351 g/mol. The summed E-state index contributed by atoms with van der Waals surface area (Å²) in [5.74, 6) is 0.107. The normalized spacial score (nSPS) is 20.7. The molecule has 2 aliphatic heterocycles. The molecule has 0 bridgehead atoms. The van der Waals surface area contributed by atoms with E-state index in [2.05, 4.69) is 40.2 Å². The Morgan fingerprint density at radius 3 is 2.23 bits per heavy atom. The summed E-state index contributed by atoms with van der Waals surface area (Å²) in [5.41, 5.74) is 2.08. The Morgan fingerprint density at radius 1 is 0.923 bits per heavy atom. The largest absolute Gasteiger partial charge is 0.379 e. The number of aromatic nitrogens is 1. The molecule has 26 heavy (non-hydrogen) atoms. The number of rotatable bonds is 3. The predicted molar refractivity (Wildman–Crippen MR) is 99.9 cm³/mol. The number of ether oxygens (including phenoxy) is 1. The molecule has 2 aliphatic rings. The van der Waals surface area contributed by atoms with Gasteiger partial charge in [0.15, 0.2) is 0 Å². The molecule has 0 aliphatic carbocycles. The number of pyridine rings is 1. The Hall–Kier alpha value is -2.24. The van der Waals surface area contributed by atoms with E-state index in [0.717, 1.165) is 57.8 Å².